The van der Waals surface area contributed by atoms with Crippen molar-refractivity contribution in [2.45, 2.75) is 64.9 Å². The third kappa shape index (κ3) is 3.55. The normalized spacial score (nSPS) is 24.5. The molecule has 2 atom stereocenters. The van der Waals surface area contributed by atoms with Crippen LogP contribution in [0.5, 0.6) is 0 Å². The van der Waals surface area contributed by atoms with Gasteiger partial charge < -0.3 is 5.11 Å². The summed E-state index contributed by atoms with van der Waals surface area (Å²) in [6.07, 6.45) is 5.14. The fourth-order valence-corrected chi connectivity index (χ4v) is 3.00. The number of pyridine rings is 1. The minimum Gasteiger partial charge on any atom is -0.393 e. The van der Waals surface area contributed by atoms with E-state index in [0.717, 1.165) is 31.4 Å². The van der Waals surface area contributed by atoms with Crippen molar-refractivity contribution in [3.8, 4) is 0 Å². The summed E-state index contributed by atoms with van der Waals surface area (Å²) in [5, 5.41) is 9.80. The highest BCUT2D eigenvalue weighted by molar-refractivity contribution is 5.24. The third-order valence-electron chi connectivity index (χ3n) is 3.74. The van der Waals surface area contributed by atoms with Crippen LogP contribution in [0.3, 0.4) is 0 Å². The molecule has 0 radical (unpaired) electrons. The highest BCUT2D eigenvalue weighted by Gasteiger charge is 2.23. The van der Waals surface area contributed by atoms with Crippen LogP contribution in [0.2, 0.25) is 0 Å². The molecule has 0 bridgehead atoms. The van der Waals surface area contributed by atoms with Crippen molar-refractivity contribution in [1.82, 2.24) is 4.98 Å². The highest BCUT2D eigenvalue weighted by Crippen LogP contribution is 2.32. The third-order valence-corrected chi connectivity index (χ3v) is 3.74. The van der Waals surface area contributed by atoms with Gasteiger partial charge in [-0.15, -0.1) is 0 Å². The molecule has 0 aliphatic heterocycles. The summed E-state index contributed by atoms with van der Waals surface area (Å²) in [6, 6.07) is 4.46. The van der Waals surface area contributed by atoms with Gasteiger partial charge in [0, 0.05) is 17.3 Å². The van der Waals surface area contributed by atoms with Gasteiger partial charge in [-0.3, -0.25) is 4.98 Å². The first kappa shape index (κ1) is 13.5. The lowest BCUT2D eigenvalue weighted by molar-refractivity contribution is 0.118. The SMILES string of the molecule is Cc1cc(CC(C)C)cc(C2CCC[C@H](O)C2)n1. The number of aliphatic hydroxyl groups is 1. The minimum absolute atomic E-state index is 0.125. The van der Waals surface area contributed by atoms with Crippen LogP contribution < -0.4 is 0 Å². The summed E-state index contributed by atoms with van der Waals surface area (Å²) in [4.78, 5) is 4.69. The van der Waals surface area contributed by atoms with Gasteiger partial charge in [-0.25, -0.2) is 0 Å². The zero-order chi connectivity index (χ0) is 13.1. The summed E-state index contributed by atoms with van der Waals surface area (Å²) in [5.74, 6) is 1.14. The molecule has 1 unspecified atom stereocenters. The molecule has 2 heteroatoms. The second-order valence-electron chi connectivity index (χ2n) is 6.16. The maximum Gasteiger partial charge on any atom is 0.0546 e. The predicted molar refractivity (Wildman–Crippen MR) is 74.7 cm³/mol. The van der Waals surface area contributed by atoms with Crippen LogP contribution in [0.25, 0.3) is 0 Å². The summed E-state index contributed by atoms with van der Waals surface area (Å²) in [6.45, 7) is 6.58. The highest BCUT2D eigenvalue weighted by atomic mass is 16.3. The van der Waals surface area contributed by atoms with Crippen molar-refractivity contribution in [3.63, 3.8) is 0 Å². The van der Waals surface area contributed by atoms with E-state index in [9.17, 15) is 5.11 Å². The van der Waals surface area contributed by atoms with Crippen LogP contribution in [-0.2, 0) is 6.42 Å². The maximum absolute atomic E-state index is 9.80. The second-order valence-corrected chi connectivity index (χ2v) is 6.16. The molecule has 0 saturated heterocycles. The Kier molecular flexibility index (Phi) is 4.39. The molecule has 2 rings (SSSR count). The first-order valence-electron chi connectivity index (χ1n) is 7.20. The van der Waals surface area contributed by atoms with Crippen LogP contribution in [0.4, 0.5) is 0 Å². The van der Waals surface area contributed by atoms with E-state index in [4.69, 9.17) is 0 Å². The number of aromatic nitrogens is 1. The number of hydrogen-bond acceptors (Lipinski definition) is 2. The Morgan fingerprint density at radius 2 is 2.11 bits per heavy atom. The molecule has 0 amide bonds. The van der Waals surface area contributed by atoms with Crippen molar-refractivity contribution in [2.75, 3.05) is 0 Å². The molecule has 18 heavy (non-hydrogen) atoms. The van der Waals surface area contributed by atoms with E-state index >= 15 is 0 Å². The van der Waals surface area contributed by atoms with E-state index in [1.807, 2.05) is 0 Å². The quantitative estimate of drug-likeness (QED) is 0.885. The van der Waals surface area contributed by atoms with Crippen LogP contribution in [-0.4, -0.2) is 16.2 Å². The van der Waals surface area contributed by atoms with Crippen molar-refractivity contribution < 1.29 is 5.11 Å². The summed E-state index contributed by atoms with van der Waals surface area (Å²) < 4.78 is 0. The molecule has 0 spiro atoms. The number of hydrogen-bond donors (Lipinski definition) is 1. The fourth-order valence-electron chi connectivity index (χ4n) is 3.00. The second kappa shape index (κ2) is 5.83. The van der Waals surface area contributed by atoms with Gasteiger partial charge >= 0.3 is 0 Å². The van der Waals surface area contributed by atoms with E-state index in [-0.39, 0.29) is 6.10 Å². The van der Waals surface area contributed by atoms with Crippen molar-refractivity contribution >= 4 is 0 Å². The van der Waals surface area contributed by atoms with Gasteiger partial charge in [-0.1, -0.05) is 20.3 Å². The van der Waals surface area contributed by atoms with Gasteiger partial charge in [0.1, 0.15) is 0 Å². The molecule has 1 heterocycles. The number of aliphatic hydroxyl groups excluding tert-OH is 1. The van der Waals surface area contributed by atoms with Gasteiger partial charge in [0.2, 0.25) is 0 Å². The Hall–Kier alpha value is -0.890. The predicted octanol–water partition coefficient (Wildman–Crippen LogP) is 3.61. The lowest BCUT2D eigenvalue weighted by Crippen LogP contribution is -2.19. The standard InChI is InChI=1S/C16H25NO/c1-11(2)7-13-8-12(3)17-16(9-13)14-5-4-6-15(18)10-14/h8-9,11,14-15,18H,4-7,10H2,1-3H3/t14?,15-/m0/s1. The molecule has 1 fully saturated rings. The fraction of sp³-hybridized carbons (Fsp3) is 0.688. The Bertz CT molecular complexity index is 400. The number of nitrogens with zero attached hydrogens (tertiary/aromatic N) is 1. The topological polar surface area (TPSA) is 33.1 Å². The molecule has 1 N–H and O–H groups in total. The Labute approximate surface area is 110 Å². The average Bonchev–Trinajstić information content (AvgIpc) is 2.27. The molecule has 0 aromatic carbocycles. The van der Waals surface area contributed by atoms with Gasteiger partial charge in [-0.05, 0) is 56.2 Å². The van der Waals surface area contributed by atoms with Crippen molar-refractivity contribution in [3.05, 3.63) is 29.1 Å². The smallest absolute Gasteiger partial charge is 0.0546 e. The van der Waals surface area contributed by atoms with E-state index < -0.39 is 0 Å². The molecular formula is C16H25NO. The lowest BCUT2D eigenvalue weighted by atomic mass is 9.84. The van der Waals surface area contributed by atoms with Gasteiger partial charge in [-0.2, -0.15) is 0 Å². The van der Waals surface area contributed by atoms with E-state index in [1.165, 1.54) is 17.7 Å². The van der Waals surface area contributed by atoms with E-state index in [1.54, 1.807) is 0 Å². The number of aryl methyl sites for hydroxylation is 1. The zero-order valence-electron chi connectivity index (χ0n) is 11.8. The Balaban J connectivity index is 2.18. The monoisotopic (exact) mass is 247 g/mol. The first-order chi connectivity index (χ1) is 8.54. The molecule has 100 valence electrons. The molecule has 1 aromatic rings. The van der Waals surface area contributed by atoms with E-state index in [2.05, 4.69) is 37.9 Å². The summed E-state index contributed by atoms with van der Waals surface area (Å²) in [7, 11) is 0. The summed E-state index contributed by atoms with van der Waals surface area (Å²) in [5.41, 5.74) is 3.71. The molecule has 1 aliphatic rings. The van der Waals surface area contributed by atoms with Gasteiger partial charge in [0.15, 0.2) is 0 Å². The Morgan fingerprint density at radius 1 is 1.33 bits per heavy atom. The van der Waals surface area contributed by atoms with Crippen LogP contribution >= 0.6 is 0 Å². The lowest BCUT2D eigenvalue weighted by Gasteiger charge is -2.26. The molecular weight excluding hydrogens is 222 g/mol. The first-order valence-corrected chi connectivity index (χ1v) is 7.20. The number of rotatable bonds is 3. The van der Waals surface area contributed by atoms with Crippen LogP contribution in [0.15, 0.2) is 12.1 Å². The van der Waals surface area contributed by atoms with Crippen molar-refractivity contribution in [1.29, 1.82) is 0 Å². The molecule has 2 nitrogen and oxygen atoms in total. The van der Waals surface area contributed by atoms with Gasteiger partial charge in [0.05, 0.1) is 6.10 Å². The Morgan fingerprint density at radius 3 is 2.78 bits per heavy atom. The van der Waals surface area contributed by atoms with Gasteiger partial charge in [0.25, 0.3) is 0 Å². The van der Waals surface area contributed by atoms with Crippen molar-refractivity contribution in [2.24, 2.45) is 5.92 Å². The molecule has 1 aromatic heterocycles. The largest absolute Gasteiger partial charge is 0.393 e. The van der Waals surface area contributed by atoms with Crippen LogP contribution in [0, 0.1) is 12.8 Å². The average molecular weight is 247 g/mol. The van der Waals surface area contributed by atoms with E-state index in [0.29, 0.717) is 11.8 Å². The molecule has 1 aliphatic carbocycles. The van der Waals surface area contributed by atoms with Crippen LogP contribution in [0.1, 0.15) is 62.4 Å². The maximum atomic E-state index is 9.80. The summed E-state index contributed by atoms with van der Waals surface area (Å²) >= 11 is 0. The molecule has 1 saturated carbocycles. The zero-order valence-corrected chi connectivity index (χ0v) is 11.8. The minimum atomic E-state index is -0.125.